The molecule has 8 heteroatoms. The van der Waals surface area contributed by atoms with Gasteiger partial charge < -0.3 is 9.72 Å². The first-order valence-electron chi connectivity index (χ1n) is 7.21. The number of carbonyl (C=O) groups is 1. The van der Waals surface area contributed by atoms with Gasteiger partial charge in [-0.25, -0.2) is 9.78 Å². The molecular weight excluding hydrogens is 348 g/mol. The fourth-order valence-corrected chi connectivity index (χ4v) is 3.85. The Bertz CT molecular complexity index is 977. The van der Waals surface area contributed by atoms with Crippen molar-refractivity contribution >= 4 is 38.3 Å². The summed E-state index contributed by atoms with van der Waals surface area (Å²) >= 11 is 1.30. The monoisotopic (exact) mass is 362 g/mol. The number of hydrogen-bond donors (Lipinski definition) is 1. The molecule has 0 aliphatic heterocycles. The number of ether oxygens (including phenoxy) is 1. The second-order valence-electron chi connectivity index (χ2n) is 4.85. The van der Waals surface area contributed by atoms with Crippen molar-refractivity contribution in [3.63, 3.8) is 0 Å². The van der Waals surface area contributed by atoms with Gasteiger partial charge in [-0.15, -0.1) is 11.3 Å². The van der Waals surface area contributed by atoms with E-state index in [1.807, 2.05) is 0 Å². The van der Waals surface area contributed by atoms with Crippen LogP contribution in [0.5, 0.6) is 0 Å². The molecule has 0 fully saturated rings. The number of nitrogens with zero attached hydrogens (tertiary/aromatic N) is 1. The van der Waals surface area contributed by atoms with Gasteiger partial charge in [0, 0.05) is 5.75 Å². The van der Waals surface area contributed by atoms with Gasteiger partial charge in [0.1, 0.15) is 17.1 Å². The highest BCUT2D eigenvalue weighted by Crippen LogP contribution is 2.17. The summed E-state index contributed by atoms with van der Waals surface area (Å²) in [5.74, 6) is 0.0855. The zero-order valence-corrected chi connectivity index (χ0v) is 14.4. The Morgan fingerprint density at radius 2 is 2.12 bits per heavy atom. The number of H-pyrrole nitrogens is 1. The molecule has 0 aliphatic rings. The average Bonchev–Trinajstić information content (AvgIpc) is 3.08. The predicted octanol–water partition coefficient (Wildman–Crippen LogP) is 2.47. The second kappa shape index (κ2) is 7.06. The molecule has 0 saturated heterocycles. The lowest BCUT2D eigenvalue weighted by molar-refractivity contribution is 0.0458. The first-order chi connectivity index (χ1) is 11.6. The maximum Gasteiger partial charge on any atom is 0.339 e. The minimum atomic E-state index is -1.26. The molecule has 2 heterocycles. The number of hydrogen-bond acceptors (Lipinski definition) is 6. The number of nitrogens with one attached hydrogen (secondary N) is 1. The van der Waals surface area contributed by atoms with E-state index in [9.17, 15) is 13.8 Å². The van der Waals surface area contributed by atoms with Gasteiger partial charge in [0.05, 0.1) is 26.8 Å². The number of benzene rings is 1. The summed E-state index contributed by atoms with van der Waals surface area (Å²) in [6.07, 6.45) is 0. The molecule has 3 rings (SSSR count). The topological polar surface area (TPSA) is 89.1 Å². The van der Waals surface area contributed by atoms with Gasteiger partial charge >= 0.3 is 5.97 Å². The second-order valence-corrected chi connectivity index (χ2v) is 7.48. The van der Waals surface area contributed by atoms with Crippen molar-refractivity contribution in [2.75, 3.05) is 5.75 Å². The van der Waals surface area contributed by atoms with E-state index in [1.54, 1.807) is 42.6 Å². The lowest BCUT2D eigenvalue weighted by Gasteiger charge is -2.08. The van der Waals surface area contributed by atoms with E-state index in [0.29, 0.717) is 20.9 Å². The van der Waals surface area contributed by atoms with Crippen molar-refractivity contribution in [1.82, 2.24) is 9.97 Å². The van der Waals surface area contributed by atoms with Crippen LogP contribution in [0.15, 0.2) is 45.4 Å². The summed E-state index contributed by atoms with van der Waals surface area (Å²) in [5.41, 5.74) is 0.576. The van der Waals surface area contributed by atoms with Crippen LogP contribution in [-0.2, 0) is 22.1 Å². The van der Waals surface area contributed by atoms with E-state index >= 15 is 0 Å². The molecule has 0 spiro atoms. The fourth-order valence-electron chi connectivity index (χ4n) is 2.19. The molecule has 6 nitrogen and oxygen atoms in total. The third-order valence-corrected chi connectivity index (χ3v) is 5.59. The van der Waals surface area contributed by atoms with Gasteiger partial charge in [-0.05, 0) is 23.6 Å². The van der Waals surface area contributed by atoms with E-state index in [4.69, 9.17) is 4.74 Å². The Morgan fingerprint density at radius 3 is 2.92 bits per heavy atom. The van der Waals surface area contributed by atoms with Crippen LogP contribution in [0.25, 0.3) is 10.2 Å². The summed E-state index contributed by atoms with van der Waals surface area (Å²) in [7, 11) is -1.26. The molecule has 0 unspecified atom stereocenters. The third-order valence-electron chi connectivity index (χ3n) is 3.32. The van der Waals surface area contributed by atoms with Crippen molar-refractivity contribution < 1.29 is 13.7 Å². The van der Waals surface area contributed by atoms with Gasteiger partial charge in [0.2, 0.25) is 0 Å². The van der Waals surface area contributed by atoms with Gasteiger partial charge in [0.15, 0.2) is 0 Å². The Labute approximate surface area is 144 Å². The predicted molar refractivity (Wildman–Crippen MR) is 92.8 cm³/mol. The fraction of sp³-hybridized carbons (Fsp3) is 0.188. The molecule has 0 radical (unpaired) electrons. The highest BCUT2D eigenvalue weighted by Gasteiger charge is 2.16. The van der Waals surface area contributed by atoms with E-state index in [1.165, 1.54) is 11.3 Å². The molecule has 1 atom stereocenters. The smallest absolute Gasteiger partial charge is 0.339 e. The summed E-state index contributed by atoms with van der Waals surface area (Å²) in [6, 6.07) is 8.37. The SMILES string of the molecule is CC[S@](=O)c1ccccc1C(=O)OCc1nc2ccsc2c(=O)[nH]1. The van der Waals surface area contributed by atoms with Crippen molar-refractivity contribution in [2.45, 2.75) is 18.4 Å². The first kappa shape index (κ1) is 16.5. The molecule has 3 aromatic rings. The maximum atomic E-state index is 12.3. The van der Waals surface area contributed by atoms with Gasteiger partial charge in [-0.3, -0.25) is 9.00 Å². The number of fused-ring (bicyclic) bond motifs is 1. The highest BCUT2D eigenvalue weighted by atomic mass is 32.2. The number of thiophene rings is 1. The Kier molecular flexibility index (Phi) is 4.86. The van der Waals surface area contributed by atoms with E-state index in [-0.39, 0.29) is 23.6 Å². The summed E-state index contributed by atoms with van der Waals surface area (Å²) in [5, 5.41) is 1.78. The van der Waals surface area contributed by atoms with E-state index in [0.717, 1.165) is 0 Å². The largest absolute Gasteiger partial charge is 0.454 e. The van der Waals surface area contributed by atoms with E-state index in [2.05, 4.69) is 9.97 Å². The van der Waals surface area contributed by atoms with Crippen LogP contribution >= 0.6 is 11.3 Å². The molecule has 0 bridgehead atoms. The van der Waals surface area contributed by atoms with Crippen molar-refractivity contribution in [3.05, 3.63) is 57.5 Å². The molecule has 1 N–H and O–H groups in total. The quantitative estimate of drug-likeness (QED) is 0.704. The van der Waals surface area contributed by atoms with Crippen LogP contribution in [0.4, 0.5) is 0 Å². The Morgan fingerprint density at radius 1 is 1.33 bits per heavy atom. The maximum absolute atomic E-state index is 12.3. The number of rotatable bonds is 5. The number of aromatic amines is 1. The van der Waals surface area contributed by atoms with Crippen LogP contribution in [0.3, 0.4) is 0 Å². The van der Waals surface area contributed by atoms with Gasteiger partial charge in [-0.1, -0.05) is 19.1 Å². The van der Waals surface area contributed by atoms with Crippen LogP contribution in [0.1, 0.15) is 23.1 Å². The number of carbonyl (C=O) groups excluding carboxylic acids is 1. The molecule has 24 heavy (non-hydrogen) atoms. The van der Waals surface area contributed by atoms with Crippen LogP contribution in [0.2, 0.25) is 0 Å². The van der Waals surface area contributed by atoms with Crippen molar-refractivity contribution in [1.29, 1.82) is 0 Å². The summed E-state index contributed by atoms with van der Waals surface area (Å²) < 4.78 is 17.8. The number of esters is 1. The zero-order chi connectivity index (χ0) is 17.1. The molecule has 124 valence electrons. The van der Waals surface area contributed by atoms with E-state index < -0.39 is 16.8 Å². The first-order valence-corrected chi connectivity index (χ1v) is 9.41. The molecule has 0 saturated carbocycles. The summed E-state index contributed by atoms with van der Waals surface area (Å²) in [4.78, 5) is 31.5. The van der Waals surface area contributed by atoms with Crippen LogP contribution < -0.4 is 5.56 Å². The van der Waals surface area contributed by atoms with Gasteiger partial charge in [0.25, 0.3) is 5.56 Å². The minimum Gasteiger partial charge on any atom is -0.454 e. The van der Waals surface area contributed by atoms with Crippen molar-refractivity contribution in [3.8, 4) is 0 Å². The standard InChI is InChI=1S/C16H14N2O4S2/c1-2-24(21)12-6-4-3-5-10(12)16(20)22-9-13-17-11-7-8-23-14(11)15(19)18-13/h3-8H,2,9H2,1H3,(H,17,18,19)/t24-/m0/s1. The van der Waals surface area contributed by atoms with Crippen LogP contribution in [0, 0.1) is 0 Å². The average molecular weight is 362 g/mol. The zero-order valence-electron chi connectivity index (χ0n) is 12.8. The lowest BCUT2D eigenvalue weighted by atomic mass is 10.2. The normalized spacial score (nSPS) is 12.2. The molecule has 2 aromatic heterocycles. The Hall–Kier alpha value is -2.32. The minimum absolute atomic E-state index is 0.160. The molecule has 0 amide bonds. The number of aromatic nitrogens is 2. The highest BCUT2D eigenvalue weighted by molar-refractivity contribution is 7.85. The Balaban J connectivity index is 1.80. The molecule has 1 aromatic carbocycles. The van der Waals surface area contributed by atoms with Crippen molar-refractivity contribution in [2.24, 2.45) is 0 Å². The summed E-state index contributed by atoms with van der Waals surface area (Å²) in [6.45, 7) is 1.62. The lowest BCUT2D eigenvalue weighted by Crippen LogP contribution is -2.14. The third kappa shape index (κ3) is 3.29. The molecule has 0 aliphatic carbocycles. The molecular formula is C16H14N2O4S2. The van der Waals surface area contributed by atoms with Gasteiger partial charge in [-0.2, -0.15) is 0 Å². The van der Waals surface area contributed by atoms with Crippen LogP contribution in [-0.4, -0.2) is 25.9 Å².